The predicted octanol–water partition coefficient (Wildman–Crippen LogP) is 2.53. The Morgan fingerprint density at radius 1 is 1.11 bits per heavy atom. The number of alkyl halides is 5. The van der Waals surface area contributed by atoms with Gasteiger partial charge in [-0.3, -0.25) is 39.0 Å². The summed E-state index contributed by atoms with van der Waals surface area (Å²) in [6.07, 6.45) is -8.41. The van der Waals surface area contributed by atoms with Crippen molar-refractivity contribution in [3.05, 3.63) is 51.9 Å². The maximum atomic E-state index is 14.0. The molecule has 45 heavy (non-hydrogen) atoms. The first-order chi connectivity index (χ1) is 21.0. The van der Waals surface area contributed by atoms with E-state index in [0.717, 1.165) is 4.90 Å². The van der Waals surface area contributed by atoms with Crippen LogP contribution in [-0.4, -0.2) is 82.1 Å². The Labute approximate surface area is 252 Å². The molecule has 0 saturated carbocycles. The molecule has 2 aliphatic heterocycles. The number of nitrogens with zero attached hydrogens (tertiary/aromatic N) is 3. The number of benzene rings is 1. The zero-order chi connectivity index (χ0) is 33.4. The van der Waals surface area contributed by atoms with Crippen molar-refractivity contribution in [1.29, 1.82) is 0 Å². The first-order valence-electron chi connectivity index (χ1n) is 13.7. The fourth-order valence-electron chi connectivity index (χ4n) is 5.36. The van der Waals surface area contributed by atoms with Gasteiger partial charge in [-0.1, -0.05) is 11.2 Å². The van der Waals surface area contributed by atoms with E-state index < -0.39 is 72.6 Å². The van der Waals surface area contributed by atoms with E-state index in [4.69, 9.17) is 4.52 Å². The molecule has 6 amide bonds. The van der Waals surface area contributed by atoms with Crippen LogP contribution in [0.3, 0.4) is 0 Å². The van der Waals surface area contributed by atoms with Gasteiger partial charge in [-0.15, -0.1) is 0 Å². The number of hydrogen-bond donors (Lipinski definition) is 2. The second-order valence-corrected chi connectivity index (χ2v) is 10.7. The number of amides is 6. The minimum absolute atomic E-state index is 0.0118. The molecule has 3 heterocycles. The van der Waals surface area contributed by atoms with Crippen LogP contribution in [-0.2, 0) is 25.6 Å². The fourth-order valence-corrected chi connectivity index (χ4v) is 5.36. The van der Waals surface area contributed by atoms with Gasteiger partial charge in [0.15, 0.2) is 0 Å². The summed E-state index contributed by atoms with van der Waals surface area (Å²) in [7, 11) is 1.20. The van der Waals surface area contributed by atoms with Crippen molar-refractivity contribution in [3.8, 4) is 0 Å². The van der Waals surface area contributed by atoms with E-state index in [0.29, 0.717) is 10.5 Å². The van der Waals surface area contributed by atoms with E-state index in [9.17, 15) is 50.7 Å². The van der Waals surface area contributed by atoms with Crippen LogP contribution in [0.15, 0.2) is 22.7 Å². The van der Waals surface area contributed by atoms with Crippen molar-refractivity contribution >= 4 is 35.4 Å². The average Bonchev–Trinajstić information content (AvgIpc) is 3.41. The lowest BCUT2D eigenvalue weighted by atomic mass is 9.99. The standard InChI is InChI=1S/C28H28F5N5O7/c1-13-21(14(2)45-36-13)22(24(42)34-3)37(20(40)12-27(29,30)28(31,32)33)10-4-5-15-6-7-16-17(11-15)26(44)38(25(16)43)18-8-9-19(39)35-23(18)41/h6-7,11,18,22H,4-5,8-10,12H2,1-3H3,(H,34,42)(H,35,39,41). The molecule has 2 atom stereocenters. The molecule has 2 unspecified atom stereocenters. The topological polar surface area (TPSA) is 159 Å². The lowest BCUT2D eigenvalue weighted by Gasteiger charge is -2.32. The van der Waals surface area contributed by atoms with Crippen LogP contribution in [0.5, 0.6) is 0 Å². The Morgan fingerprint density at radius 3 is 2.36 bits per heavy atom. The average molecular weight is 642 g/mol. The molecule has 4 rings (SSSR count). The predicted molar refractivity (Wildman–Crippen MR) is 142 cm³/mol. The Balaban J connectivity index is 1.58. The molecule has 2 N–H and O–H groups in total. The molecular formula is C28H28F5N5O7. The molecule has 2 aliphatic rings. The molecule has 0 bridgehead atoms. The number of carbonyl (C=O) groups is 6. The van der Waals surface area contributed by atoms with Gasteiger partial charge in [0, 0.05) is 25.6 Å². The Morgan fingerprint density at radius 2 is 1.78 bits per heavy atom. The van der Waals surface area contributed by atoms with Crippen LogP contribution < -0.4 is 10.6 Å². The van der Waals surface area contributed by atoms with Gasteiger partial charge in [-0.05, 0) is 50.8 Å². The number of rotatable bonds is 10. The third-order valence-electron chi connectivity index (χ3n) is 7.65. The van der Waals surface area contributed by atoms with Gasteiger partial charge >= 0.3 is 12.1 Å². The zero-order valence-electron chi connectivity index (χ0n) is 24.2. The van der Waals surface area contributed by atoms with Crippen LogP contribution in [0.1, 0.15) is 75.0 Å². The molecular weight excluding hydrogens is 613 g/mol. The Hall–Kier alpha value is -4.70. The molecule has 2 aromatic rings. The number of imide groups is 2. The maximum Gasteiger partial charge on any atom is 0.453 e. The number of piperidine rings is 1. The number of nitrogens with one attached hydrogen (secondary N) is 2. The van der Waals surface area contributed by atoms with Gasteiger partial charge in [0.05, 0.1) is 16.8 Å². The first-order valence-corrected chi connectivity index (χ1v) is 13.7. The fraction of sp³-hybridized carbons (Fsp3) is 0.464. The van der Waals surface area contributed by atoms with E-state index in [1.165, 1.54) is 39.1 Å². The molecule has 1 fully saturated rings. The summed E-state index contributed by atoms with van der Waals surface area (Å²) in [4.78, 5) is 77.3. The molecule has 17 heteroatoms. The second kappa shape index (κ2) is 12.4. The number of halogens is 5. The number of carbonyl (C=O) groups excluding carboxylic acids is 6. The van der Waals surface area contributed by atoms with Crippen LogP contribution >= 0.6 is 0 Å². The summed E-state index contributed by atoms with van der Waals surface area (Å²) in [5.74, 6) is -10.7. The lowest BCUT2D eigenvalue weighted by Crippen LogP contribution is -2.54. The number of likely N-dealkylation sites (N-methyl/N-ethyl adjacent to an activating group) is 1. The van der Waals surface area contributed by atoms with Crippen molar-refractivity contribution in [2.75, 3.05) is 13.6 Å². The van der Waals surface area contributed by atoms with Crippen molar-refractivity contribution in [2.24, 2.45) is 0 Å². The van der Waals surface area contributed by atoms with E-state index >= 15 is 0 Å². The first kappa shape index (κ1) is 33.2. The number of hydrogen-bond acceptors (Lipinski definition) is 8. The summed E-state index contributed by atoms with van der Waals surface area (Å²) in [5, 5.41) is 8.08. The van der Waals surface area contributed by atoms with Gasteiger partial charge in [0.25, 0.3) is 11.8 Å². The van der Waals surface area contributed by atoms with Crippen molar-refractivity contribution in [3.63, 3.8) is 0 Å². The molecule has 1 aromatic carbocycles. The zero-order valence-corrected chi connectivity index (χ0v) is 24.2. The molecule has 12 nitrogen and oxygen atoms in total. The molecule has 0 spiro atoms. The normalized spacial score (nSPS) is 17.7. The highest BCUT2D eigenvalue weighted by Gasteiger charge is 2.59. The smallest absolute Gasteiger partial charge is 0.361 e. The quantitative estimate of drug-likeness (QED) is 0.296. The van der Waals surface area contributed by atoms with Crippen molar-refractivity contribution in [2.45, 2.75) is 70.1 Å². The highest BCUT2D eigenvalue weighted by Crippen LogP contribution is 2.39. The van der Waals surface area contributed by atoms with Crippen LogP contribution in [0, 0.1) is 13.8 Å². The van der Waals surface area contributed by atoms with E-state index in [-0.39, 0.29) is 53.8 Å². The lowest BCUT2D eigenvalue weighted by molar-refractivity contribution is -0.282. The van der Waals surface area contributed by atoms with Crippen molar-refractivity contribution < 1.29 is 55.2 Å². The van der Waals surface area contributed by atoms with Crippen LogP contribution in [0.2, 0.25) is 0 Å². The third-order valence-corrected chi connectivity index (χ3v) is 7.65. The highest BCUT2D eigenvalue weighted by molar-refractivity contribution is 6.23. The minimum Gasteiger partial charge on any atom is -0.361 e. The number of aromatic nitrogens is 1. The maximum absolute atomic E-state index is 14.0. The van der Waals surface area contributed by atoms with Gasteiger partial charge in [0.2, 0.25) is 23.6 Å². The highest BCUT2D eigenvalue weighted by atomic mass is 19.4. The minimum atomic E-state index is -6.02. The summed E-state index contributed by atoms with van der Waals surface area (Å²) >= 11 is 0. The molecule has 242 valence electrons. The summed E-state index contributed by atoms with van der Waals surface area (Å²) in [6, 6.07) is 1.36. The molecule has 0 aliphatic carbocycles. The second-order valence-electron chi connectivity index (χ2n) is 10.7. The summed E-state index contributed by atoms with van der Waals surface area (Å²) in [5.41, 5.74) is 0.551. The number of aryl methyl sites for hydroxylation is 3. The van der Waals surface area contributed by atoms with Crippen LogP contribution in [0.25, 0.3) is 0 Å². The van der Waals surface area contributed by atoms with E-state index in [1.807, 2.05) is 0 Å². The molecule has 1 aromatic heterocycles. The summed E-state index contributed by atoms with van der Waals surface area (Å²) < 4.78 is 72.0. The van der Waals surface area contributed by atoms with Gasteiger partial charge < -0.3 is 14.7 Å². The van der Waals surface area contributed by atoms with Crippen LogP contribution in [0.4, 0.5) is 22.0 Å². The Bertz CT molecular complexity index is 1550. The summed E-state index contributed by atoms with van der Waals surface area (Å²) in [6.45, 7) is 2.33. The van der Waals surface area contributed by atoms with E-state index in [1.54, 1.807) is 0 Å². The SMILES string of the molecule is CNC(=O)C(c1c(C)noc1C)N(CCCc1ccc2c(c1)C(=O)N(C1CCC(=O)NC1=O)C2=O)C(=O)CC(F)(F)C(F)(F)F. The van der Waals surface area contributed by atoms with E-state index in [2.05, 4.69) is 15.8 Å². The van der Waals surface area contributed by atoms with Gasteiger partial charge in [-0.25, -0.2) is 0 Å². The molecule has 1 saturated heterocycles. The molecule has 0 radical (unpaired) electrons. The van der Waals surface area contributed by atoms with Gasteiger partial charge in [0.1, 0.15) is 24.3 Å². The Kier molecular flexibility index (Phi) is 9.12. The van der Waals surface area contributed by atoms with Crippen molar-refractivity contribution in [1.82, 2.24) is 25.6 Å². The monoisotopic (exact) mass is 641 g/mol. The number of fused-ring (bicyclic) bond motifs is 1. The third kappa shape index (κ3) is 6.42. The van der Waals surface area contributed by atoms with Gasteiger partial charge in [-0.2, -0.15) is 22.0 Å². The largest absolute Gasteiger partial charge is 0.453 e.